The molecule has 2 rings (SSSR count). The van der Waals surface area contributed by atoms with Gasteiger partial charge in [0.05, 0.1) is 11.4 Å². The smallest absolute Gasteiger partial charge is 0.133 e. The van der Waals surface area contributed by atoms with E-state index >= 15 is 0 Å². The summed E-state index contributed by atoms with van der Waals surface area (Å²) in [6.45, 7) is 6.08. The van der Waals surface area contributed by atoms with Crippen LogP contribution in [0.4, 0.5) is 0 Å². The first-order valence-corrected chi connectivity index (χ1v) is 5.25. The van der Waals surface area contributed by atoms with Crippen molar-refractivity contribution in [1.29, 1.82) is 0 Å². The summed E-state index contributed by atoms with van der Waals surface area (Å²) in [7, 11) is 0. The first-order chi connectivity index (χ1) is 7.08. The molecule has 78 valence electrons. The fraction of sp³-hybridized carbons (Fsp3) is 0.250. The van der Waals surface area contributed by atoms with Crippen LogP contribution in [0, 0.1) is 20.8 Å². The highest BCUT2D eigenvalue weighted by Crippen LogP contribution is 2.20. The van der Waals surface area contributed by atoms with Crippen molar-refractivity contribution in [3.63, 3.8) is 0 Å². The van der Waals surface area contributed by atoms with Crippen LogP contribution in [0.3, 0.4) is 0 Å². The zero-order chi connectivity index (χ0) is 11.0. The van der Waals surface area contributed by atoms with Crippen LogP contribution in [0.1, 0.15) is 16.8 Å². The third kappa shape index (κ3) is 1.90. The highest BCUT2D eigenvalue weighted by atomic mass is 35.5. The quantitative estimate of drug-likeness (QED) is 0.720. The molecule has 0 radical (unpaired) electrons. The van der Waals surface area contributed by atoms with Gasteiger partial charge in [0.1, 0.15) is 5.15 Å². The monoisotopic (exact) mass is 220 g/mol. The molecule has 0 fully saturated rings. The molecule has 0 saturated carbocycles. The maximum Gasteiger partial charge on any atom is 0.133 e. The van der Waals surface area contributed by atoms with Crippen LogP contribution in [-0.2, 0) is 0 Å². The summed E-state index contributed by atoms with van der Waals surface area (Å²) in [5.41, 5.74) is 4.40. The van der Waals surface area contributed by atoms with Crippen molar-refractivity contribution in [2.75, 3.05) is 0 Å². The van der Waals surface area contributed by atoms with Gasteiger partial charge in [-0.3, -0.25) is 0 Å². The molecule has 0 bridgehead atoms. The molecule has 0 saturated heterocycles. The predicted molar refractivity (Wildman–Crippen MR) is 62.8 cm³/mol. The van der Waals surface area contributed by atoms with E-state index in [1.165, 1.54) is 11.1 Å². The Balaban J connectivity index is 2.59. The number of hydrogen-bond acceptors (Lipinski definition) is 1. The molecule has 2 nitrogen and oxygen atoms in total. The standard InChI is InChI=1S/C12H13ClN2/c1-8-4-5-11(9(2)6-8)15-12(13)7-10(3)14-15/h4-7H,1-3H3. The van der Waals surface area contributed by atoms with Gasteiger partial charge in [-0.2, -0.15) is 5.10 Å². The molecule has 0 aliphatic heterocycles. The molecule has 0 amide bonds. The third-order valence-electron chi connectivity index (χ3n) is 2.37. The normalized spacial score (nSPS) is 10.7. The van der Waals surface area contributed by atoms with E-state index in [4.69, 9.17) is 11.6 Å². The summed E-state index contributed by atoms with van der Waals surface area (Å²) >= 11 is 6.09. The first-order valence-electron chi connectivity index (χ1n) is 4.88. The maximum absolute atomic E-state index is 6.09. The first kappa shape index (κ1) is 10.2. The summed E-state index contributed by atoms with van der Waals surface area (Å²) in [6.07, 6.45) is 0. The molecular formula is C12H13ClN2. The van der Waals surface area contributed by atoms with Gasteiger partial charge in [0, 0.05) is 0 Å². The van der Waals surface area contributed by atoms with Gasteiger partial charge in [0.15, 0.2) is 0 Å². The third-order valence-corrected chi connectivity index (χ3v) is 2.64. The lowest BCUT2D eigenvalue weighted by atomic mass is 10.1. The van der Waals surface area contributed by atoms with Crippen molar-refractivity contribution in [1.82, 2.24) is 9.78 Å². The van der Waals surface area contributed by atoms with Crippen LogP contribution >= 0.6 is 11.6 Å². The minimum absolute atomic E-state index is 0.652. The predicted octanol–water partition coefficient (Wildman–Crippen LogP) is 3.45. The highest BCUT2D eigenvalue weighted by molar-refractivity contribution is 6.29. The molecule has 15 heavy (non-hydrogen) atoms. The van der Waals surface area contributed by atoms with Crippen molar-refractivity contribution in [3.05, 3.63) is 46.2 Å². The molecule has 0 aliphatic rings. The van der Waals surface area contributed by atoms with E-state index in [0.717, 1.165) is 11.4 Å². The maximum atomic E-state index is 6.09. The average molecular weight is 221 g/mol. The van der Waals surface area contributed by atoms with Gasteiger partial charge in [-0.05, 0) is 38.5 Å². The van der Waals surface area contributed by atoms with Gasteiger partial charge in [-0.25, -0.2) is 4.68 Å². The van der Waals surface area contributed by atoms with Crippen LogP contribution in [0.5, 0.6) is 0 Å². The number of aryl methyl sites for hydroxylation is 3. The van der Waals surface area contributed by atoms with E-state index in [0.29, 0.717) is 5.15 Å². The van der Waals surface area contributed by atoms with Gasteiger partial charge in [0.25, 0.3) is 0 Å². The van der Waals surface area contributed by atoms with Gasteiger partial charge in [-0.15, -0.1) is 0 Å². The van der Waals surface area contributed by atoms with E-state index in [1.807, 2.05) is 19.1 Å². The second kappa shape index (κ2) is 3.70. The van der Waals surface area contributed by atoms with E-state index in [9.17, 15) is 0 Å². The number of hydrogen-bond donors (Lipinski definition) is 0. The van der Waals surface area contributed by atoms with E-state index in [-0.39, 0.29) is 0 Å². The minimum atomic E-state index is 0.652. The van der Waals surface area contributed by atoms with Crippen LogP contribution in [0.15, 0.2) is 24.3 Å². The fourth-order valence-electron chi connectivity index (χ4n) is 1.68. The fourth-order valence-corrected chi connectivity index (χ4v) is 1.97. The van der Waals surface area contributed by atoms with Gasteiger partial charge in [0.2, 0.25) is 0 Å². The number of halogens is 1. The second-order valence-corrected chi connectivity index (χ2v) is 4.20. The van der Waals surface area contributed by atoms with Crippen LogP contribution < -0.4 is 0 Å². The van der Waals surface area contributed by atoms with Crippen LogP contribution in [0.25, 0.3) is 5.69 Å². The topological polar surface area (TPSA) is 17.8 Å². The molecule has 0 unspecified atom stereocenters. The Morgan fingerprint density at radius 3 is 2.40 bits per heavy atom. The minimum Gasteiger partial charge on any atom is -0.222 e. The summed E-state index contributed by atoms with van der Waals surface area (Å²) in [5.74, 6) is 0. The van der Waals surface area contributed by atoms with Gasteiger partial charge >= 0.3 is 0 Å². The van der Waals surface area contributed by atoms with Crippen LogP contribution in [-0.4, -0.2) is 9.78 Å². The van der Waals surface area contributed by atoms with Gasteiger partial charge in [-0.1, -0.05) is 29.3 Å². The molecule has 2 aromatic rings. The van der Waals surface area contributed by atoms with E-state index in [1.54, 1.807) is 4.68 Å². The SMILES string of the molecule is Cc1ccc(-n2nc(C)cc2Cl)c(C)c1. The van der Waals surface area contributed by atoms with E-state index < -0.39 is 0 Å². The van der Waals surface area contributed by atoms with Crippen molar-refractivity contribution >= 4 is 11.6 Å². The van der Waals surface area contributed by atoms with Crippen molar-refractivity contribution < 1.29 is 0 Å². The Kier molecular flexibility index (Phi) is 2.53. The molecule has 0 N–H and O–H groups in total. The summed E-state index contributed by atoms with van der Waals surface area (Å²) in [6, 6.07) is 8.10. The van der Waals surface area contributed by atoms with Crippen LogP contribution in [0.2, 0.25) is 5.15 Å². The Bertz CT molecular complexity index is 500. The van der Waals surface area contributed by atoms with Crippen molar-refractivity contribution in [2.24, 2.45) is 0 Å². The lowest BCUT2D eigenvalue weighted by molar-refractivity contribution is 0.856. The Morgan fingerprint density at radius 1 is 1.13 bits per heavy atom. The lowest BCUT2D eigenvalue weighted by Crippen LogP contribution is -1.99. The molecule has 0 atom stereocenters. The number of benzene rings is 1. The van der Waals surface area contributed by atoms with Crippen molar-refractivity contribution in [2.45, 2.75) is 20.8 Å². The van der Waals surface area contributed by atoms with Crippen molar-refractivity contribution in [3.8, 4) is 5.69 Å². The zero-order valence-corrected chi connectivity index (χ0v) is 9.84. The number of nitrogens with zero attached hydrogens (tertiary/aromatic N) is 2. The second-order valence-electron chi connectivity index (χ2n) is 3.81. The molecule has 1 aromatic carbocycles. The Morgan fingerprint density at radius 2 is 1.87 bits per heavy atom. The molecule has 0 spiro atoms. The molecular weight excluding hydrogens is 208 g/mol. The Hall–Kier alpha value is -1.28. The number of rotatable bonds is 1. The lowest BCUT2D eigenvalue weighted by Gasteiger charge is -2.07. The van der Waals surface area contributed by atoms with Gasteiger partial charge < -0.3 is 0 Å². The molecule has 3 heteroatoms. The number of aromatic nitrogens is 2. The molecule has 0 aliphatic carbocycles. The summed E-state index contributed by atoms with van der Waals surface area (Å²) in [4.78, 5) is 0. The Labute approximate surface area is 94.5 Å². The highest BCUT2D eigenvalue weighted by Gasteiger charge is 2.07. The zero-order valence-electron chi connectivity index (χ0n) is 9.08. The summed E-state index contributed by atoms with van der Waals surface area (Å²) in [5, 5.41) is 5.01. The largest absolute Gasteiger partial charge is 0.222 e. The molecule has 1 aromatic heterocycles. The summed E-state index contributed by atoms with van der Waals surface area (Å²) < 4.78 is 1.77. The van der Waals surface area contributed by atoms with E-state index in [2.05, 4.69) is 31.1 Å². The molecule has 1 heterocycles. The average Bonchev–Trinajstić information content (AvgIpc) is 2.45.